The van der Waals surface area contributed by atoms with Crippen molar-refractivity contribution >= 4 is 53.5 Å². The van der Waals surface area contributed by atoms with E-state index in [-0.39, 0.29) is 0 Å². The van der Waals surface area contributed by atoms with Gasteiger partial charge >= 0.3 is 0 Å². The molecule has 0 aliphatic heterocycles. The molecule has 3 nitrogen and oxygen atoms in total. The smallest absolute Gasteiger partial charge is 0.116 e. The minimum atomic E-state index is 0.780. The van der Waals surface area contributed by atoms with Crippen LogP contribution in [0, 0.1) is 0 Å². The molecule has 0 bridgehead atoms. The second-order valence-corrected chi connectivity index (χ2v) is 5.38. The van der Waals surface area contributed by atoms with Gasteiger partial charge in [-0.05, 0) is 44.0 Å². The van der Waals surface area contributed by atoms with Crippen LogP contribution in [-0.4, -0.2) is 19.1 Å². The second kappa shape index (κ2) is 5.23. The van der Waals surface area contributed by atoms with Gasteiger partial charge in [-0.15, -0.1) is 5.11 Å². The van der Waals surface area contributed by atoms with Gasteiger partial charge in [-0.25, -0.2) is 0 Å². The molecule has 1 aromatic carbocycles. The van der Waals surface area contributed by atoms with Gasteiger partial charge in [0.05, 0.1) is 0 Å². The number of hydrogen-bond donors (Lipinski definition) is 0. The van der Waals surface area contributed by atoms with Gasteiger partial charge in [0.25, 0.3) is 0 Å². The number of benzene rings is 1. The van der Waals surface area contributed by atoms with E-state index in [1.807, 2.05) is 26.2 Å². The molecule has 0 N–H and O–H groups in total. The van der Waals surface area contributed by atoms with E-state index in [1.165, 1.54) is 0 Å². The van der Waals surface area contributed by atoms with E-state index < -0.39 is 0 Å². The lowest BCUT2D eigenvalue weighted by atomic mass is 10.3. The average Bonchev–Trinajstić information content (AvgIpc) is 2.01. The molecule has 0 atom stereocenters. The van der Waals surface area contributed by atoms with E-state index in [0.29, 0.717) is 0 Å². The molecule has 0 fully saturated rings. The molecule has 0 saturated carbocycles. The van der Waals surface area contributed by atoms with Crippen LogP contribution in [0.4, 0.5) is 5.69 Å². The van der Waals surface area contributed by atoms with Gasteiger partial charge in [-0.3, -0.25) is 5.01 Å². The zero-order valence-electron chi connectivity index (χ0n) is 7.63. The summed E-state index contributed by atoms with van der Waals surface area (Å²) in [5.41, 5.74) is 0.780. The van der Waals surface area contributed by atoms with Crippen LogP contribution >= 0.6 is 47.8 Å². The van der Waals surface area contributed by atoms with Crippen LogP contribution in [0.1, 0.15) is 0 Å². The van der Waals surface area contributed by atoms with Crippen LogP contribution in [0.2, 0.25) is 0 Å². The predicted molar refractivity (Wildman–Crippen MR) is 67.7 cm³/mol. The van der Waals surface area contributed by atoms with Gasteiger partial charge in [0, 0.05) is 27.5 Å². The zero-order valence-corrected chi connectivity index (χ0v) is 12.4. The van der Waals surface area contributed by atoms with Crippen LogP contribution in [0.3, 0.4) is 0 Å². The van der Waals surface area contributed by atoms with Crippen LogP contribution in [-0.2, 0) is 0 Å². The number of rotatable bonds is 2. The third kappa shape index (κ3) is 3.33. The minimum absolute atomic E-state index is 0.780. The molecule has 1 aromatic rings. The molecule has 14 heavy (non-hydrogen) atoms. The number of hydrogen-bond acceptors (Lipinski definition) is 2. The largest absolute Gasteiger partial charge is 0.285 e. The SMILES string of the molecule is CN(C)N=Nc1c(Br)cc(Br)cc1Br. The lowest BCUT2D eigenvalue weighted by molar-refractivity contribution is 0.408. The highest BCUT2D eigenvalue weighted by atomic mass is 79.9. The molecule has 0 spiro atoms. The molecule has 0 saturated heterocycles. The molecule has 0 unspecified atom stereocenters. The van der Waals surface area contributed by atoms with E-state index in [4.69, 9.17) is 0 Å². The molecule has 1 rings (SSSR count). The average molecular weight is 386 g/mol. The normalized spacial score (nSPS) is 10.9. The highest BCUT2D eigenvalue weighted by molar-refractivity contribution is 9.11. The van der Waals surface area contributed by atoms with E-state index in [9.17, 15) is 0 Å². The Morgan fingerprint density at radius 3 is 2.00 bits per heavy atom. The van der Waals surface area contributed by atoms with Gasteiger partial charge in [0.15, 0.2) is 0 Å². The number of halogens is 3. The molecular formula is C8H8Br3N3. The fourth-order valence-electron chi connectivity index (χ4n) is 0.764. The maximum absolute atomic E-state index is 4.08. The monoisotopic (exact) mass is 383 g/mol. The van der Waals surface area contributed by atoms with Crippen LogP contribution < -0.4 is 0 Å². The summed E-state index contributed by atoms with van der Waals surface area (Å²) in [5, 5.41) is 9.65. The third-order valence-electron chi connectivity index (χ3n) is 1.31. The molecular weight excluding hydrogens is 378 g/mol. The second-order valence-electron chi connectivity index (χ2n) is 2.75. The van der Waals surface area contributed by atoms with Crippen molar-refractivity contribution in [2.75, 3.05) is 14.1 Å². The van der Waals surface area contributed by atoms with Gasteiger partial charge in [0.2, 0.25) is 0 Å². The Hall–Kier alpha value is 0.0600. The lowest BCUT2D eigenvalue weighted by Crippen LogP contribution is -1.99. The Labute approximate surface area is 108 Å². The lowest BCUT2D eigenvalue weighted by Gasteiger charge is -2.04. The Bertz CT molecular complexity index is 340. The quantitative estimate of drug-likeness (QED) is 0.542. The first kappa shape index (κ1) is 12.1. The van der Waals surface area contributed by atoms with Crippen LogP contribution in [0.15, 0.2) is 35.9 Å². The van der Waals surface area contributed by atoms with Gasteiger partial charge < -0.3 is 0 Å². The van der Waals surface area contributed by atoms with Crippen LogP contribution in [0.25, 0.3) is 0 Å². The molecule has 0 aliphatic carbocycles. The Balaban J connectivity index is 3.09. The first-order valence-electron chi connectivity index (χ1n) is 3.74. The third-order valence-corrected chi connectivity index (χ3v) is 2.97. The van der Waals surface area contributed by atoms with Gasteiger partial charge in [-0.2, -0.15) is 0 Å². The van der Waals surface area contributed by atoms with Crippen molar-refractivity contribution in [3.63, 3.8) is 0 Å². The summed E-state index contributed by atoms with van der Waals surface area (Å²) >= 11 is 10.2. The van der Waals surface area contributed by atoms with E-state index in [2.05, 4.69) is 58.1 Å². The summed E-state index contributed by atoms with van der Waals surface area (Å²) in [6.45, 7) is 0. The zero-order chi connectivity index (χ0) is 10.7. The van der Waals surface area contributed by atoms with E-state index in [0.717, 1.165) is 19.1 Å². The maximum Gasteiger partial charge on any atom is 0.116 e. The first-order valence-corrected chi connectivity index (χ1v) is 6.12. The fourth-order valence-corrected chi connectivity index (χ4v) is 3.18. The first-order chi connectivity index (χ1) is 6.50. The summed E-state index contributed by atoms with van der Waals surface area (Å²) in [4.78, 5) is 0. The molecule has 0 radical (unpaired) electrons. The van der Waals surface area contributed by atoms with Crippen molar-refractivity contribution in [3.05, 3.63) is 25.6 Å². The van der Waals surface area contributed by atoms with Crippen molar-refractivity contribution < 1.29 is 0 Å². The highest BCUT2D eigenvalue weighted by Gasteiger charge is 2.05. The summed E-state index contributed by atoms with van der Waals surface area (Å²) in [6, 6.07) is 3.85. The fraction of sp³-hybridized carbons (Fsp3) is 0.250. The van der Waals surface area contributed by atoms with Crippen LogP contribution in [0.5, 0.6) is 0 Å². The Kier molecular flexibility index (Phi) is 4.53. The maximum atomic E-state index is 4.08. The van der Waals surface area contributed by atoms with E-state index in [1.54, 1.807) is 5.01 Å². The Morgan fingerprint density at radius 2 is 1.57 bits per heavy atom. The molecule has 76 valence electrons. The molecule has 0 heterocycles. The summed E-state index contributed by atoms with van der Waals surface area (Å²) in [7, 11) is 3.65. The van der Waals surface area contributed by atoms with E-state index >= 15 is 0 Å². The predicted octanol–water partition coefficient (Wildman–Crippen LogP) is 4.53. The minimum Gasteiger partial charge on any atom is -0.285 e. The van der Waals surface area contributed by atoms with Gasteiger partial charge in [0.1, 0.15) is 5.69 Å². The van der Waals surface area contributed by atoms with Crippen molar-refractivity contribution in [3.8, 4) is 0 Å². The molecule has 0 aromatic heterocycles. The molecule has 6 heteroatoms. The van der Waals surface area contributed by atoms with Crippen molar-refractivity contribution in [1.29, 1.82) is 0 Å². The standard InChI is InChI=1S/C8H8Br3N3/c1-14(2)13-12-8-6(10)3-5(9)4-7(8)11/h3-4H,1-2H3. The molecule has 0 aliphatic rings. The highest BCUT2D eigenvalue weighted by Crippen LogP contribution is 2.36. The summed E-state index contributed by atoms with van der Waals surface area (Å²) in [5.74, 6) is 0. The molecule has 0 amide bonds. The van der Waals surface area contributed by atoms with Crippen molar-refractivity contribution in [1.82, 2.24) is 5.01 Å². The van der Waals surface area contributed by atoms with Crippen molar-refractivity contribution in [2.24, 2.45) is 10.3 Å². The topological polar surface area (TPSA) is 28.0 Å². The van der Waals surface area contributed by atoms with Gasteiger partial charge in [-0.1, -0.05) is 21.2 Å². The number of nitrogens with zero attached hydrogens (tertiary/aromatic N) is 3. The van der Waals surface area contributed by atoms with Crippen molar-refractivity contribution in [2.45, 2.75) is 0 Å². The Morgan fingerprint density at radius 1 is 1.07 bits per heavy atom. The summed E-state index contributed by atoms with van der Waals surface area (Å²) < 4.78 is 2.77. The summed E-state index contributed by atoms with van der Waals surface area (Å²) in [6.07, 6.45) is 0.